The molecule has 5 nitrogen and oxygen atoms in total. The summed E-state index contributed by atoms with van der Waals surface area (Å²) in [4.78, 5) is 29.3. The minimum absolute atomic E-state index is 0. The van der Waals surface area contributed by atoms with Gasteiger partial charge in [-0.05, 0) is 99.2 Å². The van der Waals surface area contributed by atoms with Gasteiger partial charge in [-0.15, -0.1) is 0 Å². The first kappa shape index (κ1) is 24.2. The van der Waals surface area contributed by atoms with Gasteiger partial charge >= 0.3 is 0 Å². The lowest BCUT2D eigenvalue weighted by molar-refractivity contribution is -0.137. The number of rotatable bonds is 5. The molecule has 1 spiro atoms. The Bertz CT molecular complexity index is 892. The molecule has 2 saturated heterocycles. The number of halogens is 1. The van der Waals surface area contributed by atoms with Crippen LogP contribution in [0.25, 0.3) is 0 Å². The average Bonchev–Trinajstić information content (AvgIpc) is 3.20. The van der Waals surface area contributed by atoms with Crippen molar-refractivity contribution >= 4 is 11.8 Å². The summed E-state index contributed by atoms with van der Waals surface area (Å²) in [5, 5.41) is 3.19. The summed E-state index contributed by atoms with van der Waals surface area (Å²) in [6, 6.07) is 4.51. The van der Waals surface area contributed by atoms with Crippen LogP contribution >= 0.6 is 0 Å². The van der Waals surface area contributed by atoms with Crippen molar-refractivity contribution in [1.82, 2.24) is 15.1 Å². The Balaban J connectivity index is 0.00000324. The standard InChI is InChI=1S/C27H40FN3O2.H2/c1-19(31-14-5-6-24(31)32)25(33)29-23-9-10-27(22-18-20(28)7-8-21(22)23)12-16-30(17-13-27)15-11-26(2,3)4;/h7-8,18-19,23H,5-6,9-17H2,1-4H3,(H,29,33);1H/t19-,23+;/m1./s1. The first-order valence-corrected chi connectivity index (χ1v) is 12.7. The van der Waals surface area contributed by atoms with Crippen LogP contribution in [0.15, 0.2) is 18.2 Å². The van der Waals surface area contributed by atoms with Crippen molar-refractivity contribution in [3.05, 3.63) is 35.1 Å². The number of benzene rings is 1. The van der Waals surface area contributed by atoms with Crippen molar-refractivity contribution in [2.24, 2.45) is 5.41 Å². The van der Waals surface area contributed by atoms with Gasteiger partial charge in [-0.2, -0.15) is 0 Å². The van der Waals surface area contributed by atoms with Crippen LogP contribution in [-0.2, 0) is 15.0 Å². The van der Waals surface area contributed by atoms with Crippen LogP contribution in [0, 0.1) is 11.2 Å². The lowest BCUT2D eigenvalue weighted by Crippen LogP contribution is -2.49. The van der Waals surface area contributed by atoms with Crippen molar-refractivity contribution in [3.8, 4) is 0 Å². The average molecular weight is 460 g/mol. The molecule has 2 amide bonds. The normalized spacial score (nSPS) is 24.1. The van der Waals surface area contributed by atoms with Gasteiger partial charge in [0.05, 0.1) is 6.04 Å². The van der Waals surface area contributed by atoms with E-state index >= 15 is 0 Å². The van der Waals surface area contributed by atoms with Gasteiger partial charge in [-0.1, -0.05) is 26.8 Å². The minimum Gasteiger partial charge on any atom is -0.348 e. The van der Waals surface area contributed by atoms with Gasteiger partial charge in [0.15, 0.2) is 0 Å². The quantitative estimate of drug-likeness (QED) is 0.688. The van der Waals surface area contributed by atoms with E-state index in [1.165, 1.54) is 12.5 Å². The van der Waals surface area contributed by atoms with E-state index in [9.17, 15) is 14.0 Å². The van der Waals surface area contributed by atoms with Gasteiger partial charge in [0, 0.05) is 14.4 Å². The Morgan fingerprint density at radius 3 is 2.61 bits per heavy atom. The molecular formula is C27H42FN3O2. The molecule has 2 atom stereocenters. The van der Waals surface area contributed by atoms with E-state index in [1.54, 1.807) is 11.0 Å². The van der Waals surface area contributed by atoms with Crippen molar-refractivity contribution in [3.63, 3.8) is 0 Å². The monoisotopic (exact) mass is 459 g/mol. The van der Waals surface area contributed by atoms with Gasteiger partial charge in [-0.3, -0.25) is 9.59 Å². The molecule has 3 aliphatic rings. The Labute approximate surface area is 199 Å². The molecule has 1 aromatic carbocycles. The highest BCUT2D eigenvalue weighted by atomic mass is 19.1. The Kier molecular flexibility index (Phi) is 6.86. The van der Waals surface area contributed by atoms with E-state index in [4.69, 9.17) is 0 Å². The SMILES string of the molecule is C[C@H](C(=O)N[C@H]1CCC2(CCN(CCC(C)(C)C)CC2)c2cc(F)ccc21)N1CCCC1=O.[HH]. The fraction of sp³-hybridized carbons (Fsp3) is 0.704. The number of nitrogens with zero attached hydrogens (tertiary/aromatic N) is 2. The van der Waals surface area contributed by atoms with Gasteiger partial charge in [0.2, 0.25) is 11.8 Å². The smallest absolute Gasteiger partial charge is 0.242 e. The van der Waals surface area contributed by atoms with Gasteiger partial charge in [0.25, 0.3) is 0 Å². The molecule has 1 N–H and O–H groups in total. The summed E-state index contributed by atoms with van der Waals surface area (Å²) in [5.41, 5.74) is 2.46. The molecule has 2 fully saturated rings. The Hall–Kier alpha value is -1.95. The van der Waals surface area contributed by atoms with Crippen LogP contribution in [-0.4, -0.2) is 53.8 Å². The molecule has 1 aliphatic carbocycles. The highest BCUT2D eigenvalue weighted by Crippen LogP contribution is 2.48. The van der Waals surface area contributed by atoms with E-state index in [0.717, 1.165) is 62.9 Å². The maximum absolute atomic E-state index is 14.4. The molecule has 0 aromatic heterocycles. The molecule has 184 valence electrons. The molecule has 2 heterocycles. The fourth-order valence-corrected chi connectivity index (χ4v) is 5.88. The van der Waals surface area contributed by atoms with Crippen LogP contribution in [0.3, 0.4) is 0 Å². The highest BCUT2D eigenvalue weighted by Gasteiger charge is 2.43. The molecule has 0 bridgehead atoms. The zero-order valence-corrected chi connectivity index (χ0v) is 20.8. The number of hydrogen-bond donors (Lipinski definition) is 1. The summed E-state index contributed by atoms with van der Waals surface area (Å²) < 4.78 is 14.4. The Morgan fingerprint density at radius 1 is 1.24 bits per heavy atom. The van der Waals surface area contributed by atoms with Gasteiger partial charge in [0.1, 0.15) is 11.9 Å². The molecule has 33 heavy (non-hydrogen) atoms. The molecule has 0 unspecified atom stereocenters. The molecular weight excluding hydrogens is 417 g/mol. The summed E-state index contributed by atoms with van der Waals surface area (Å²) in [6.45, 7) is 12.5. The number of nitrogens with one attached hydrogen (secondary N) is 1. The minimum atomic E-state index is -0.467. The summed E-state index contributed by atoms with van der Waals surface area (Å²) in [7, 11) is 0. The third-order valence-electron chi connectivity index (χ3n) is 8.14. The number of amides is 2. The molecule has 0 radical (unpaired) electrons. The van der Waals surface area contributed by atoms with Crippen LogP contribution in [0.4, 0.5) is 4.39 Å². The summed E-state index contributed by atoms with van der Waals surface area (Å²) >= 11 is 0. The second kappa shape index (κ2) is 9.36. The lowest BCUT2D eigenvalue weighted by atomic mass is 9.63. The maximum Gasteiger partial charge on any atom is 0.242 e. The van der Waals surface area contributed by atoms with E-state index < -0.39 is 6.04 Å². The molecule has 4 rings (SSSR count). The zero-order valence-electron chi connectivity index (χ0n) is 20.8. The topological polar surface area (TPSA) is 52.7 Å². The maximum atomic E-state index is 14.4. The molecule has 6 heteroatoms. The van der Waals surface area contributed by atoms with Crippen LogP contribution in [0.2, 0.25) is 0 Å². The van der Waals surface area contributed by atoms with E-state index in [0.29, 0.717) is 18.4 Å². The van der Waals surface area contributed by atoms with Crippen molar-refractivity contribution in [2.75, 3.05) is 26.2 Å². The molecule has 2 aliphatic heterocycles. The number of carbonyl (C=O) groups excluding carboxylic acids is 2. The molecule has 1 aromatic rings. The predicted octanol–water partition coefficient (Wildman–Crippen LogP) is 4.80. The second-order valence-corrected chi connectivity index (χ2v) is 11.6. The number of hydrogen-bond acceptors (Lipinski definition) is 3. The number of likely N-dealkylation sites (tertiary alicyclic amines) is 2. The first-order chi connectivity index (χ1) is 15.6. The highest BCUT2D eigenvalue weighted by molar-refractivity contribution is 5.88. The summed E-state index contributed by atoms with van der Waals surface area (Å²) in [6.07, 6.45) is 6.40. The van der Waals surface area contributed by atoms with Crippen LogP contribution < -0.4 is 5.32 Å². The van der Waals surface area contributed by atoms with Crippen LogP contribution in [0.5, 0.6) is 0 Å². The lowest BCUT2D eigenvalue weighted by Gasteiger charge is -2.47. The summed E-state index contributed by atoms with van der Waals surface area (Å²) in [5.74, 6) is -0.259. The Morgan fingerprint density at radius 2 is 1.97 bits per heavy atom. The number of fused-ring (bicyclic) bond motifs is 2. The van der Waals surface area contributed by atoms with Gasteiger partial charge in [-0.25, -0.2) is 4.39 Å². The zero-order chi connectivity index (χ0) is 23.8. The van der Waals surface area contributed by atoms with E-state index in [1.807, 2.05) is 13.0 Å². The third-order valence-corrected chi connectivity index (χ3v) is 8.14. The third kappa shape index (κ3) is 5.26. The van der Waals surface area contributed by atoms with Crippen molar-refractivity contribution in [2.45, 2.75) is 90.1 Å². The van der Waals surface area contributed by atoms with Crippen molar-refractivity contribution < 1.29 is 15.4 Å². The largest absolute Gasteiger partial charge is 0.348 e. The second-order valence-electron chi connectivity index (χ2n) is 11.6. The molecule has 0 saturated carbocycles. The van der Waals surface area contributed by atoms with E-state index in [-0.39, 0.29) is 30.5 Å². The number of carbonyl (C=O) groups is 2. The first-order valence-electron chi connectivity index (χ1n) is 12.7. The van der Waals surface area contributed by atoms with E-state index in [2.05, 4.69) is 31.0 Å². The van der Waals surface area contributed by atoms with Crippen molar-refractivity contribution in [1.29, 1.82) is 0 Å². The fourth-order valence-electron chi connectivity index (χ4n) is 5.88. The predicted molar refractivity (Wildman–Crippen MR) is 130 cm³/mol. The van der Waals surface area contributed by atoms with Crippen LogP contribution in [0.1, 0.15) is 91.2 Å². The van der Waals surface area contributed by atoms with Gasteiger partial charge < -0.3 is 15.1 Å². The number of piperidine rings is 1.